The normalized spacial score (nSPS) is 18.2. The summed E-state index contributed by atoms with van der Waals surface area (Å²) >= 11 is 0. The van der Waals surface area contributed by atoms with Crippen molar-refractivity contribution < 1.29 is 27.5 Å². The van der Waals surface area contributed by atoms with E-state index in [1.807, 2.05) is 0 Å². The fourth-order valence-electron chi connectivity index (χ4n) is 3.23. The van der Waals surface area contributed by atoms with Gasteiger partial charge >= 0.3 is 12.3 Å². The Bertz CT molecular complexity index is 1080. The predicted octanol–water partition coefficient (Wildman–Crippen LogP) is 3.62. The number of hydrogen-bond donors (Lipinski definition) is 2. The van der Waals surface area contributed by atoms with Gasteiger partial charge in [-0.2, -0.15) is 18.3 Å². The minimum absolute atomic E-state index is 0.0616. The number of alkyl halides is 3. The number of aromatic nitrogens is 2. The molecule has 30 heavy (non-hydrogen) atoms. The molecule has 7 nitrogen and oxygen atoms in total. The van der Waals surface area contributed by atoms with Gasteiger partial charge < -0.3 is 10.1 Å². The van der Waals surface area contributed by atoms with Gasteiger partial charge in [-0.15, -0.1) is 0 Å². The number of cyclic esters (lactones) is 1. The summed E-state index contributed by atoms with van der Waals surface area (Å²) in [6, 6.07) is 13.5. The minimum Gasteiger partial charge on any atom is -0.426 e. The number of nitrogens with zero attached hydrogens (tertiary/aromatic N) is 2. The molecule has 4 rings (SSSR count). The van der Waals surface area contributed by atoms with Crippen molar-refractivity contribution >= 4 is 17.7 Å². The van der Waals surface area contributed by atoms with Gasteiger partial charge in [0.15, 0.2) is 0 Å². The van der Waals surface area contributed by atoms with E-state index in [0.717, 1.165) is 0 Å². The van der Waals surface area contributed by atoms with Gasteiger partial charge in [-0.1, -0.05) is 18.2 Å². The van der Waals surface area contributed by atoms with Crippen molar-refractivity contribution in [3.05, 3.63) is 78.1 Å². The molecule has 0 fully saturated rings. The highest BCUT2D eigenvalue weighted by Gasteiger charge is 2.62. The zero-order chi connectivity index (χ0) is 21.4. The van der Waals surface area contributed by atoms with Crippen LogP contribution < -0.4 is 10.6 Å². The Hall–Kier alpha value is -3.82. The summed E-state index contributed by atoms with van der Waals surface area (Å²) in [6.07, 6.45) is -3.22. The van der Waals surface area contributed by atoms with E-state index in [0.29, 0.717) is 5.69 Å². The number of carbonyl (C=O) groups is 2. The summed E-state index contributed by atoms with van der Waals surface area (Å²) < 4.78 is 49.1. The molecule has 0 spiro atoms. The van der Waals surface area contributed by atoms with Crippen molar-refractivity contribution in [1.29, 1.82) is 0 Å². The lowest BCUT2D eigenvalue weighted by molar-refractivity contribution is -0.261. The summed E-state index contributed by atoms with van der Waals surface area (Å²) in [5, 5.41) is 8.53. The first kappa shape index (κ1) is 19.5. The Balaban J connectivity index is 1.76. The van der Waals surface area contributed by atoms with Crippen LogP contribution >= 0.6 is 0 Å². The molecule has 2 amide bonds. The van der Waals surface area contributed by atoms with E-state index in [2.05, 4.69) is 15.7 Å². The number of nitrogens with one attached hydrogen (secondary N) is 2. The summed E-state index contributed by atoms with van der Waals surface area (Å²) in [4.78, 5) is 24.3. The van der Waals surface area contributed by atoms with Crippen LogP contribution in [0.3, 0.4) is 0 Å². The monoisotopic (exact) mass is 416 g/mol. The van der Waals surface area contributed by atoms with Crippen LogP contribution in [0.1, 0.15) is 15.9 Å². The topological polar surface area (TPSA) is 85.3 Å². The highest BCUT2D eigenvalue weighted by molar-refractivity contribution is 5.94. The molecule has 154 valence electrons. The smallest absolute Gasteiger partial charge is 0.426 e. The van der Waals surface area contributed by atoms with E-state index in [4.69, 9.17) is 4.74 Å². The molecule has 0 aliphatic carbocycles. The van der Waals surface area contributed by atoms with Crippen molar-refractivity contribution in [1.82, 2.24) is 15.1 Å². The predicted molar refractivity (Wildman–Crippen MR) is 100 cm³/mol. The second-order valence-electron chi connectivity index (χ2n) is 6.57. The van der Waals surface area contributed by atoms with Gasteiger partial charge in [-0.3, -0.25) is 10.1 Å². The summed E-state index contributed by atoms with van der Waals surface area (Å²) in [5.74, 6) is -0.724. The summed E-state index contributed by atoms with van der Waals surface area (Å²) in [7, 11) is 0. The van der Waals surface area contributed by atoms with Crippen molar-refractivity contribution in [2.45, 2.75) is 11.8 Å². The lowest BCUT2D eigenvalue weighted by Crippen LogP contribution is -2.56. The molecule has 1 aliphatic rings. The van der Waals surface area contributed by atoms with Crippen LogP contribution in [0.15, 0.2) is 67.0 Å². The molecule has 0 saturated heterocycles. The molecule has 2 N–H and O–H groups in total. The second-order valence-corrected chi connectivity index (χ2v) is 6.57. The van der Waals surface area contributed by atoms with E-state index in [-0.39, 0.29) is 16.8 Å². The Morgan fingerprint density at radius 1 is 1.17 bits per heavy atom. The molecule has 2 heterocycles. The number of carbonyl (C=O) groups excluding carboxylic acids is 2. The van der Waals surface area contributed by atoms with Gasteiger partial charge in [0.25, 0.3) is 11.5 Å². The Morgan fingerprint density at radius 3 is 2.60 bits per heavy atom. The quantitative estimate of drug-likeness (QED) is 0.680. The molecule has 2 aromatic carbocycles. The fourth-order valence-corrected chi connectivity index (χ4v) is 3.23. The number of rotatable bonds is 4. The molecule has 1 atom stereocenters. The lowest BCUT2D eigenvalue weighted by atomic mass is 9.89. The molecule has 1 unspecified atom stereocenters. The molecule has 0 radical (unpaired) electrons. The zero-order valence-electron chi connectivity index (χ0n) is 15.3. The number of amides is 2. The standard InChI is InChI=1S/C20H15F3N4O3/c21-20(22,23)19(12-24-17(28)13-5-2-1-3-6-13)15-11-14(27-10-4-9-25-27)7-8-16(15)26-18(29)30-19/h1-11H,12H2,(H,24,28)(H,26,29). The minimum atomic E-state index is -5.01. The molecule has 3 aromatic rings. The van der Waals surface area contributed by atoms with E-state index in [9.17, 15) is 22.8 Å². The molecule has 0 bridgehead atoms. The third kappa shape index (κ3) is 3.36. The van der Waals surface area contributed by atoms with Crippen LogP contribution in [0.5, 0.6) is 0 Å². The Kier molecular flexibility index (Phi) is 4.69. The van der Waals surface area contributed by atoms with E-state index < -0.39 is 30.3 Å². The second kappa shape index (κ2) is 7.21. The van der Waals surface area contributed by atoms with Crippen molar-refractivity contribution in [2.75, 3.05) is 11.9 Å². The number of halogens is 3. The van der Waals surface area contributed by atoms with Crippen LogP contribution in [-0.2, 0) is 10.3 Å². The first-order chi connectivity index (χ1) is 14.3. The van der Waals surface area contributed by atoms with Gasteiger partial charge in [-0.05, 0) is 36.4 Å². The average molecular weight is 416 g/mol. The first-order valence-corrected chi connectivity index (χ1v) is 8.85. The maximum atomic E-state index is 14.3. The van der Waals surface area contributed by atoms with Gasteiger partial charge in [0.2, 0.25) is 0 Å². The largest absolute Gasteiger partial charge is 0.434 e. The fraction of sp³-hybridized carbons (Fsp3) is 0.150. The molecule has 1 aliphatic heterocycles. The van der Waals surface area contributed by atoms with Gasteiger partial charge in [0.05, 0.1) is 17.9 Å². The number of anilines is 1. The van der Waals surface area contributed by atoms with Crippen LogP contribution in [0.25, 0.3) is 5.69 Å². The number of hydrogen-bond acceptors (Lipinski definition) is 4. The summed E-state index contributed by atoms with van der Waals surface area (Å²) in [5.41, 5.74) is -2.95. The Labute approximate surface area is 168 Å². The highest BCUT2D eigenvalue weighted by atomic mass is 19.4. The molecule has 0 saturated carbocycles. The number of ether oxygens (including phenoxy) is 1. The lowest BCUT2D eigenvalue weighted by Gasteiger charge is -2.39. The van der Waals surface area contributed by atoms with E-state index >= 15 is 0 Å². The first-order valence-electron chi connectivity index (χ1n) is 8.85. The maximum absolute atomic E-state index is 14.3. The van der Waals surface area contributed by atoms with Crippen LogP contribution in [-0.4, -0.2) is 34.5 Å². The Morgan fingerprint density at radius 2 is 1.93 bits per heavy atom. The van der Waals surface area contributed by atoms with Crippen molar-refractivity contribution in [3.8, 4) is 5.69 Å². The van der Waals surface area contributed by atoms with Gasteiger partial charge in [0, 0.05) is 23.5 Å². The molecule has 10 heteroatoms. The van der Waals surface area contributed by atoms with Crippen molar-refractivity contribution in [3.63, 3.8) is 0 Å². The molecular weight excluding hydrogens is 401 g/mol. The van der Waals surface area contributed by atoms with E-state index in [1.54, 1.807) is 30.5 Å². The van der Waals surface area contributed by atoms with Crippen molar-refractivity contribution in [2.24, 2.45) is 0 Å². The third-order valence-corrected chi connectivity index (χ3v) is 4.70. The van der Waals surface area contributed by atoms with Crippen LogP contribution in [0, 0.1) is 0 Å². The van der Waals surface area contributed by atoms with Crippen LogP contribution in [0.2, 0.25) is 0 Å². The highest BCUT2D eigenvalue weighted by Crippen LogP contribution is 2.47. The SMILES string of the molecule is O=C1Nc2ccc(-n3cccn3)cc2C(CNC(=O)c2ccccc2)(C(F)(F)F)O1. The maximum Gasteiger partial charge on any atom is 0.434 e. The number of benzene rings is 2. The average Bonchev–Trinajstić information content (AvgIpc) is 3.26. The van der Waals surface area contributed by atoms with Crippen LogP contribution in [0.4, 0.5) is 23.7 Å². The molecule has 1 aromatic heterocycles. The van der Waals surface area contributed by atoms with E-state index in [1.165, 1.54) is 41.2 Å². The molecular formula is C20H15F3N4O3. The third-order valence-electron chi connectivity index (χ3n) is 4.70. The van der Waals surface area contributed by atoms with Gasteiger partial charge in [-0.25, -0.2) is 9.48 Å². The van der Waals surface area contributed by atoms with Gasteiger partial charge in [0.1, 0.15) is 0 Å². The number of fused-ring (bicyclic) bond motifs is 1. The summed E-state index contributed by atoms with van der Waals surface area (Å²) in [6.45, 7) is -0.993. The zero-order valence-corrected chi connectivity index (χ0v) is 15.3.